The summed E-state index contributed by atoms with van der Waals surface area (Å²) in [5, 5.41) is 12.5. The number of hydrogen-bond donors (Lipinski definition) is 2. The van der Waals surface area contributed by atoms with E-state index in [-0.39, 0.29) is 23.5 Å². The molecule has 1 fully saturated rings. The lowest BCUT2D eigenvalue weighted by Crippen LogP contribution is -2.42. The van der Waals surface area contributed by atoms with E-state index in [4.69, 9.17) is 45.3 Å². The molecule has 46 heavy (non-hydrogen) atoms. The van der Waals surface area contributed by atoms with E-state index < -0.39 is 5.60 Å². The maximum atomic E-state index is 13.8. The maximum Gasteiger partial charge on any atom is 0.162 e. The molecule has 5 nitrogen and oxygen atoms in total. The molecule has 2 aliphatic rings. The van der Waals surface area contributed by atoms with Crippen molar-refractivity contribution >= 4 is 40.6 Å². The first-order valence-corrected chi connectivity index (χ1v) is 16.3. The Balaban J connectivity index is 0.000000187. The molecule has 0 aromatic heterocycles. The molecule has 2 heterocycles. The molecule has 0 amide bonds. The largest absolute Gasteiger partial charge is 0.488 e. The van der Waals surface area contributed by atoms with E-state index in [0.717, 1.165) is 37.2 Å². The highest BCUT2D eigenvalue weighted by molar-refractivity contribution is 6.39. The summed E-state index contributed by atoms with van der Waals surface area (Å²) in [7, 11) is 0. The first-order chi connectivity index (χ1) is 22.1. The third kappa shape index (κ3) is 8.26. The number of ether oxygens (including phenoxy) is 1. The van der Waals surface area contributed by atoms with E-state index >= 15 is 0 Å². The van der Waals surface area contributed by atoms with Crippen LogP contribution in [0.15, 0.2) is 78.9 Å². The smallest absolute Gasteiger partial charge is 0.162 e. The van der Waals surface area contributed by atoms with E-state index in [1.807, 2.05) is 24.3 Å². The Morgan fingerprint density at radius 3 is 2.22 bits per heavy atom. The number of carbonyl (C=O) groups excluding carboxylic acids is 1. The fourth-order valence-electron chi connectivity index (χ4n) is 5.91. The number of nitrogens with zero attached hydrogens (tertiary/aromatic N) is 1. The number of piperidine rings is 1. The number of fused-ring (bicyclic) bond motifs is 1. The van der Waals surface area contributed by atoms with Crippen LogP contribution < -0.4 is 10.5 Å². The zero-order valence-corrected chi connectivity index (χ0v) is 27.4. The molecule has 0 saturated carbocycles. The lowest BCUT2D eigenvalue weighted by Gasteiger charge is -2.38. The Bertz CT molecular complexity index is 1640. The highest BCUT2D eigenvalue weighted by Gasteiger charge is 2.33. The Labute approximate surface area is 282 Å². The summed E-state index contributed by atoms with van der Waals surface area (Å²) < 4.78 is 32.5. The van der Waals surface area contributed by atoms with E-state index in [1.165, 1.54) is 36.4 Å². The first kappa shape index (κ1) is 34.3. The Morgan fingerprint density at radius 1 is 0.935 bits per heavy atom. The molecule has 3 N–H and O–H groups in total. The molecule has 1 unspecified atom stereocenters. The van der Waals surface area contributed by atoms with Gasteiger partial charge in [0, 0.05) is 59.8 Å². The standard InChI is InChI=1S/C21H23ClFNO2.C15H12Cl2FNO/c22-18-7-5-17(6-8-18)21(26)11-14-24(15-12-21)13-1-2-20(25)16-3-9-19(23)10-4-16;16-12-2-1-3-13(17)14(12)11-6-9(18)4-8-5-10(7-19)20-15(8)11/h3-10,26H,1-2,11-15H2;1-4,6,10H,5,7,19H2. The van der Waals surface area contributed by atoms with Crippen LogP contribution in [0.1, 0.15) is 47.2 Å². The number of ketones is 1. The van der Waals surface area contributed by atoms with Gasteiger partial charge >= 0.3 is 0 Å². The normalized spacial score (nSPS) is 17.1. The Kier molecular flexibility index (Phi) is 11.4. The SMILES string of the molecule is NCC1Cc2cc(F)cc(-c3c(Cl)cccc3Cl)c2O1.O=C(CCCN1CCC(O)(c2ccc(Cl)cc2)CC1)c1ccc(F)cc1. The van der Waals surface area contributed by atoms with Crippen LogP contribution in [0.2, 0.25) is 15.1 Å². The Hall–Kier alpha value is -3.04. The van der Waals surface area contributed by atoms with Crippen molar-refractivity contribution in [2.24, 2.45) is 5.73 Å². The van der Waals surface area contributed by atoms with Gasteiger partial charge in [0.15, 0.2) is 5.78 Å². The van der Waals surface area contributed by atoms with Crippen LogP contribution in [0.5, 0.6) is 5.75 Å². The molecule has 0 spiro atoms. The summed E-state index contributed by atoms with van der Waals surface area (Å²) in [6.45, 7) is 2.79. The van der Waals surface area contributed by atoms with E-state index in [2.05, 4.69) is 4.90 Å². The van der Waals surface area contributed by atoms with Crippen molar-refractivity contribution in [3.63, 3.8) is 0 Å². The van der Waals surface area contributed by atoms with Crippen LogP contribution in [0.4, 0.5) is 8.78 Å². The van der Waals surface area contributed by atoms with Crippen molar-refractivity contribution in [2.45, 2.75) is 43.8 Å². The minimum atomic E-state index is -0.801. The van der Waals surface area contributed by atoms with Crippen molar-refractivity contribution in [3.8, 4) is 16.9 Å². The van der Waals surface area contributed by atoms with Crippen LogP contribution >= 0.6 is 34.8 Å². The van der Waals surface area contributed by atoms with Gasteiger partial charge in [-0.1, -0.05) is 53.0 Å². The number of benzene rings is 4. The summed E-state index contributed by atoms with van der Waals surface area (Å²) in [5.74, 6) is -0.00409. The third-order valence-electron chi connectivity index (χ3n) is 8.47. The molecule has 10 heteroatoms. The number of Topliss-reactive ketones (excluding diaryl/α,β-unsaturated/α-hetero) is 1. The van der Waals surface area contributed by atoms with Crippen molar-refractivity contribution in [1.82, 2.24) is 4.90 Å². The minimum absolute atomic E-state index is 0.0414. The highest BCUT2D eigenvalue weighted by atomic mass is 35.5. The summed E-state index contributed by atoms with van der Waals surface area (Å²) in [6, 6.07) is 21.1. The quantitative estimate of drug-likeness (QED) is 0.182. The summed E-state index contributed by atoms with van der Waals surface area (Å²) in [4.78, 5) is 14.4. The number of hydrogen-bond acceptors (Lipinski definition) is 5. The van der Waals surface area contributed by atoms with Gasteiger partial charge in [0.2, 0.25) is 0 Å². The van der Waals surface area contributed by atoms with Gasteiger partial charge in [0.05, 0.1) is 15.6 Å². The molecule has 242 valence electrons. The van der Waals surface area contributed by atoms with Crippen molar-refractivity contribution in [1.29, 1.82) is 0 Å². The topological polar surface area (TPSA) is 75.8 Å². The van der Waals surface area contributed by atoms with E-state index in [1.54, 1.807) is 18.2 Å². The number of likely N-dealkylation sites (tertiary alicyclic amines) is 1. The van der Waals surface area contributed by atoms with Gasteiger partial charge in [-0.25, -0.2) is 8.78 Å². The predicted octanol–water partition coefficient (Wildman–Crippen LogP) is 8.49. The van der Waals surface area contributed by atoms with Gasteiger partial charge in [-0.05, 0) is 92.0 Å². The van der Waals surface area contributed by atoms with Crippen LogP contribution in [-0.2, 0) is 12.0 Å². The number of rotatable bonds is 8. The lowest BCUT2D eigenvalue weighted by molar-refractivity contribution is -0.0260. The summed E-state index contributed by atoms with van der Waals surface area (Å²) in [6.07, 6.45) is 3.01. The van der Waals surface area contributed by atoms with Crippen LogP contribution in [0, 0.1) is 11.6 Å². The Morgan fingerprint density at radius 2 is 1.59 bits per heavy atom. The second kappa shape index (κ2) is 15.2. The third-order valence-corrected chi connectivity index (χ3v) is 9.35. The second-order valence-corrected chi connectivity index (χ2v) is 12.9. The van der Waals surface area contributed by atoms with Crippen LogP contribution in [0.3, 0.4) is 0 Å². The molecular formula is C36H35Cl3F2N2O3. The predicted molar refractivity (Wildman–Crippen MR) is 180 cm³/mol. The zero-order valence-electron chi connectivity index (χ0n) is 25.1. The number of aliphatic hydroxyl groups is 1. The minimum Gasteiger partial charge on any atom is -0.488 e. The van der Waals surface area contributed by atoms with Crippen molar-refractivity contribution in [2.75, 3.05) is 26.2 Å². The molecule has 1 atom stereocenters. The van der Waals surface area contributed by atoms with E-state index in [9.17, 15) is 18.7 Å². The molecule has 0 radical (unpaired) electrons. The average molecular weight is 688 g/mol. The average Bonchev–Trinajstić information content (AvgIpc) is 3.46. The van der Waals surface area contributed by atoms with Gasteiger partial charge in [-0.3, -0.25) is 4.79 Å². The molecule has 4 aromatic rings. The fraction of sp³-hybridized carbons (Fsp3) is 0.306. The van der Waals surface area contributed by atoms with Gasteiger partial charge in [0.1, 0.15) is 23.5 Å². The molecule has 0 bridgehead atoms. The molecule has 2 aliphatic heterocycles. The monoisotopic (exact) mass is 686 g/mol. The first-order valence-electron chi connectivity index (χ1n) is 15.2. The van der Waals surface area contributed by atoms with Gasteiger partial charge in [-0.2, -0.15) is 0 Å². The molecule has 6 rings (SSSR count). The van der Waals surface area contributed by atoms with Crippen molar-refractivity contribution < 1.29 is 23.4 Å². The number of halogens is 5. The number of carbonyl (C=O) groups is 1. The van der Waals surface area contributed by atoms with Gasteiger partial charge in [0.25, 0.3) is 0 Å². The van der Waals surface area contributed by atoms with Crippen LogP contribution in [-0.4, -0.2) is 48.1 Å². The highest BCUT2D eigenvalue weighted by Crippen LogP contribution is 2.44. The summed E-state index contributed by atoms with van der Waals surface area (Å²) in [5.41, 5.74) is 8.26. The lowest BCUT2D eigenvalue weighted by atomic mass is 9.84. The van der Waals surface area contributed by atoms with Crippen molar-refractivity contribution in [3.05, 3.63) is 122 Å². The second-order valence-electron chi connectivity index (χ2n) is 11.6. The molecule has 1 saturated heterocycles. The van der Waals surface area contributed by atoms with Crippen LogP contribution in [0.25, 0.3) is 11.1 Å². The molecular weight excluding hydrogens is 653 g/mol. The van der Waals surface area contributed by atoms with Gasteiger partial charge < -0.3 is 20.5 Å². The fourth-order valence-corrected chi connectivity index (χ4v) is 6.63. The maximum absolute atomic E-state index is 13.8. The summed E-state index contributed by atoms with van der Waals surface area (Å²) >= 11 is 18.3. The molecule has 4 aromatic carbocycles. The van der Waals surface area contributed by atoms with Gasteiger partial charge in [-0.15, -0.1) is 0 Å². The number of nitrogens with two attached hydrogens (primary N) is 1. The zero-order chi connectivity index (χ0) is 32.8. The molecule has 0 aliphatic carbocycles. The van der Waals surface area contributed by atoms with E-state index in [0.29, 0.717) is 69.7 Å².